The molecule has 206 valence electrons. The molecule has 0 bridgehead atoms. The summed E-state index contributed by atoms with van der Waals surface area (Å²) in [4.78, 5) is 26.5. The van der Waals surface area contributed by atoms with Crippen LogP contribution in [0.5, 0.6) is 5.75 Å². The van der Waals surface area contributed by atoms with Crippen LogP contribution in [0.4, 0.5) is 19.0 Å². The number of hydrogen-bond donors (Lipinski definition) is 3. The van der Waals surface area contributed by atoms with E-state index in [1.54, 1.807) is 29.2 Å². The molecule has 3 heterocycles. The highest BCUT2D eigenvalue weighted by molar-refractivity contribution is 6.03. The largest absolute Gasteiger partial charge is 0.496 e. The topological polar surface area (TPSA) is 138 Å². The first-order valence-electron chi connectivity index (χ1n) is 12.2. The molecule has 1 unspecified atom stereocenters. The molecule has 1 atom stereocenters. The van der Waals surface area contributed by atoms with Crippen LogP contribution >= 0.6 is 0 Å². The Labute approximate surface area is 221 Å². The molecule has 3 aromatic rings. The van der Waals surface area contributed by atoms with E-state index in [-0.39, 0.29) is 47.5 Å². The van der Waals surface area contributed by atoms with Crippen molar-refractivity contribution in [1.82, 2.24) is 20.0 Å². The number of primary amides is 1. The van der Waals surface area contributed by atoms with Crippen molar-refractivity contribution in [2.75, 3.05) is 39.1 Å². The normalized spacial score (nSPS) is 19.0. The summed E-state index contributed by atoms with van der Waals surface area (Å²) < 4.78 is 54.9. The summed E-state index contributed by atoms with van der Waals surface area (Å²) in [5.74, 6) is -5.12. The second-order valence-electron chi connectivity index (χ2n) is 9.54. The maximum atomic E-state index is 15.0. The predicted molar refractivity (Wildman–Crippen MR) is 135 cm³/mol. The molecule has 0 radical (unpaired) electrons. The molecule has 0 spiro atoms. The Kier molecular flexibility index (Phi) is 6.95. The van der Waals surface area contributed by atoms with Crippen LogP contribution in [0.1, 0.15) is 32.3 Å². The minimum Gasteiger partial charge on any atom is -0.496 e. The van der Waals surface area contributed by atoms with Gasteiger partial charge in [-0.05, 0) is 23.8 Å². The fourth-order valence-corrected chi connectivity index (χ4v) is 4.81. The zero-order valence-corrected chi connectivity index (χ0v) is 21.0. The van der Waals surface area contributed by atoms with E-state index in [4.69, 9.17) is 20.9 Å². The van der Waals surface area contributed by atoms with E-state index in [0.717, 1.165) is 10.7 Å². The number of aromatic nitrogens is 2. The Bertz CT molecular complexity index is 1410. The number of nitrogens with zero attached hydrogens (tertiary/aromatic N) is 3. The molecular weight excluding hydrogens is 517 g/mol. The molecule has 2 aromatic carbocycles. The molecule has 5 rings (SSSR count). The van der Waals surface area contributed by atoms with Crippen LogP contribution in [0, 0.1) is 5.82 Å². The van der Waals surface area contributed by atoms with Crippen LogP contribution < -0.4 is 21.5 Å². The van der Waals surface area contributed by atoms with Crippen molar-refractivity contribution in [3.63, 3.8) is 0 Å². The van der Waals surface area contributed by atoms with Crippen LogP contribution in [-0.2, 0) is 11.3 Å². The summed E-state index contributed by atoms with van der Waals surface area (Å²) in [7, 11) is 1.38. The van der Waals surface area contributed by atoms with Crippen LogP contribution in [-0.4, -0.2) is 71.9 Å². The number of nitrogens with one attached hydrogen (secondary N) is 1. The van der Waals surface area contributed by atoms with Gasteiger partial charge in [-0.25, -0.2) is 17.9 Å². The van der Waals surface area contributed by atoms with E-state index in [1.165, 1.54) is 19.2 Å². The van der Waals surface area contributed by atoms with Gasteiger partial charge >= 0.3 is 0 Å². The fourth-order valence-electron chi connectivity index (χ4n) is 4.81. The number of benzene rings is 2. The molecule has 2 fully saturated rings. The number of halogens is 3. The van der Waals surface area contributed by atoms with Gasteiger partial charge in [0, 0.05) is 18.7 Å². The van der Waals surface area contributed by atoms with Crippen LogP contribution in [0.15, 0.2) is 42.5 Å². The maximum absolute atomic E-state index is 15.0. The molecule has 39 heavy (non-hydrogen) atoms. The third-order valence-electron chi connectivity index (χ3n) is 7.02. The van der Waals surface area contributed by atoms with E-state index in [9.17, 15) is 14.0 Å². The number of carbonyl (C=O) groups is 2. The van der Waals surface area contributed by atoms with Gasteiger partial charge in [0.05, 0.1) is 38.5 Å². The summed E-state index contributed by atoms with van der Waals surface area (Å²) in [6.45, 7) is 0.413. The van der Waals surface area contributed by atoms with Gasteiger partial charge < -0.3 is 26.3 Å². The van der Waals surface area contributed by atoms with Crippen molar-refractivity contribution in [3.05, 3.63) is 65.0 Å². The molecule has 0 aliphatic carbocycles. The first-order chi connectivity index (χ1) is 18.6. The van der Waals surface area contributed by atoms with Crippen molar-refractivity contribution in [2.24, 2.45) is 5.73 Å². The van der Waals surface area contributed by atoms with E-state index >= 15 is 8.78 Å². The number of nitrogen functional groups attached to an aromatic ring is 1. The molecule has 13 heteroatoms. The number of methoxy groups -OCH3 is 1. The third-order valence-corrected chi connectivity index (χ3v) is 7.02. The number of hydrogen-bond acceptors (Lipinski definition) is 7. The first-order valence-corrected chi connectivity index (χ1v) is 12.2. The molecule has 2 aliphatic rings. The minimum absolute atomic E-state index is 0.000710. The Balaban J connectivity index is 1.36. The quantitative estimate of drug-likeness (QED) is 0.395. The molecule has 2 amide bonds. The zero-order chi connectivity index (χ0) is 27.9. The van der Waals surface area contributed by atoms with Gasteiger partial charge in [0.15, 0.2) is 0 Å². The second-order valence-corrected chi connectivity index (χ2v) is 9.54. The smallest absolute Gasteiger partial charge is 0.283 e. The first kappa shape index (κ1) is 26.5. The molecule has 10 nitrogen and oxygen atoms in total. The number of amides is 2. The standard InChI is InChI=1S/C26H27F3N6O4/c1-38-19-7-6-16(27)8-18(19)25(37)32-9-14-2-4-15(5-3-14)22-21(24(31)36)23(30)35(33-22)20-10-34(13-26(20,28)29)17-11-39-12-17/h2-8,17,20H,9-13,30H2,1H3,(H2,31,36)(H,32,37). The van der Waals surface area contributed by atoms with E-state index in [2.05, 4.69) is 10.4 Å². The molecule has 1 aromatic heterocycles. The van der Waals surface area contributed by atoms with Gasteiger partial charge in [0.25, 0.3) is 17.7 Å². The fraction of sp³-hybridized carbons (Fsp3) is 0.346. The van der Waals surface area contributed by atoms with Gasteiger partial charge in [-0.15, -0.1) is 0 Å². The highest BCUT2D eigenvalue weighted by Crippen LogP contribution is 2.41. The van der Waals surface area contributed by atoms with Crippen LogP contribution in [0.25, 0.3) is 11.3 Å². The van der Waals surface area contributed by atoms with E-state index in [1.807, 2.05) is 0 Å². The monoisotopic (exact) mass is 544 g/mol. The van der Waals surface area contributed by atoms with Gasteiger partial charge in [-0.2, -0.15) is 5.10 Å². The van der Waals surface area contributed by atoms with Gasteiger partial charge in [-0.1, -0.05) is 24.3 Å². The lowest BCUT2D eigenvalue weighted by Gasteiger charge is -2.34. The average molecular weight is 545 g/mol. The number of nitrogens with two attached hydrogens (primary N) is 2. The van der Waals surface area contributed by atoms with Crippen LogP contribution in [0.2, 0.25) is 0 Å². The molecule has 2 saturated heterocycles. The van der Waals surface area contributed by atoms with Crippen molar-refractivity contribution < 1.29 is 32.2 Å². The van der Waals surface area contributed by atoms with E-state index in [0.29, 0.717) is 24.3 Å². The Morgan fingerprint density at radius 2 is 1.92 bits per heavy atom. The minimum atomic E-state index is -3.13. The Morgan fingerprint density at radius 1 is 1.21 bits per heavy atom. The molecule has 2 aliphatic heterocycles. The Morgan fingerprint density at radius 3 is 2.54 bits per heavy atom. The molecule has 0 saturated carbocycles. The SMILES string of the molecule is COc1ccc(F)cc1C(=O)NCc1ccc(-c2nn(C3CN(C4COC4)CC3(F)F)c(N)c2C(N)=O)cc1. The van der Waals surface area contributed by atoms with Gasteiger partial charge in [0.1, 0.15) is 34.7 Å². The van der Waals surface area contributed by atoms with Gasteiger partial charge in [-0.3, -0.25) is 14.5 Å². The lowest BCUT2D eigenvalue weighted by atomic mass is 10.0. The summed E-state index contributed by atoms with van der Waals surface area (Å²) in [6.07, 6.45) is 0. The number of rotatable bonds is 8. The van der Waals surface area contributed by atoms with Crippen molar-refractivity contribution in [2.45, 2.75) is 24.6 Å². The van der Waals surface area contributed by atoms with Crippen molar-refractivity contribution >= 4 is 17.6 Å². The number of ether oxygens (including phenoxy) is 2. The van der Waals surface area contributed by atoms with Crippen LogP contribution in [0.3, 0.4) is 0 Å². The highest BCUT2D eigenvalue weighted by Gasteiger charge is 2.53. The summed E-state index contributed by atoms with van der Waals surface area (Å²) in [5.41, 5.74) is 12.8. The zero-order valence-electron chi connectivity index (χ0n) is 21.0. The predicted octanol–water partition coefficient (Wildman–Crippen LogP) is 2.20. The lowest BCUT2D eigenvalue weighted by molar-refractivity contribution is -0.0728. The van der Waals surface area contributed by atoms with Crippen molar-refractivity contribution in [1.29, 1.82) is 0 Å². The average Bonchev–Trinajstić information content (AvgIpc) is 3.36. The lowest BCUT2D eigenvalue weighted by Crippen LogP contribution is -2.48. The molecule has 5 N–H and O–H groups in total. The van der Waals surface area contributed by atoms with Crippen molar-refractivity contribution in [3.8, 4) is 17.0 Å². The second kappa shape index (κ2) is 10.2. The number of carbonyl (C=O) groups excluding carboxylic acids is 2. The summed E-state index contributed by atoms with van der Waals surface area (Å²) >= 11 is 0. The van der Waals surface area contributed by atoms with E-state index < -0.39 is 36.1 Å². The number of anilines is 1. The third kappa shape index (κ3) is 5.02. The highest BCUT2D eigenvalue weighted by atomic mass is 19.3. The number of likely N-dealkylation sites (tertiary alicyclic amines) is 1. The molecular formula is C26H27F3N6O4. The summed E-state index contributed by atoms with van der Waals surface area (Å²) in [5, 5.41) is 7.01. The van der Waals surface area contributed by atoms with Gasteiger partial charge in [0.2, 0.25) is 0 Å². The Hall–Kier alpha value is -4.10. The number of alkyl halides is 2. The maximum Gasteiger partial charge on any atom is 0.283 e. The summed E-state index contributed by atoms with van der Waals surface area (Å²) in [6, 6.07) is 8.73.